The lowest BCUT2D eigenvalue weighted by atomic mass is 9.96. The first kappa shape index (κ1) is 16.7. The molecule has 2 rings (SSSR count). The van der Waals surface area contributed by atoms with E-state index < -0.39 is 0 Å². The lowest BCUT2D eigenvalue weighted by molar-refractivity contribution is 0.549. The number of benzene rings is 2. The van der Waals surface area contributed by atoms with Crippen LogP contribution in [0.1, 0.15) is 35.2 Å². The molecule has 1 N–H and O–H groups in total. The zero-order valence-electron chi connectivity index (χ0n) is 12.7. The van der Waals surface area contributed by atoms with Gasteiger partial charge in [-0.3, -0.25) is 0 Å². The number of aryl methyl sites for hydroxylation is 2. The molecule has 3 heteroatoms. The zero-order chi connectivity index (χ0) is 15.4. The minimum Gasteiger partial charge on any atom is -0.310 e. The standard InChI is InChI=1S/C18H21Br2N/c1-4-21-18(15-9-16(19)11-17(20)10-15)8-14-6-12(2)5-13(3)7-14/h5-7,9-11,18,21H,4,8H2,1-3H3. The van der Waals surface area contributed by atoms with Gasteiger partial charge in [0, 0.05) is 15.0 Å². The van der Waals surface area contributed by atoms with Gasteiger partial charge >= 0.3 is 0 Å². The van der Waals surface area contributed by atoms with Crippen molar-refractivity contribution in [2.45, 2.75) is 33.2 Å². The summed E-state index contributed by atoms with van der Waals surface area (Å²) >= 11 is 7.17. The van der Waals surface area contributed by atoms with E-state index in [0.29, 0.717) is 6.04 Å². The normalized spacial score (nSPS) is 12.4. The van der Waals surface area contributed by atoms with Crippen molar-refractivity contribution >= 4 is 31.9 Å². The van der Waals surface area contributed by atoms with Crippen LogP contribution < -0.4 is 5.32 Å². The van der Waals surface area contributed by atoms with Crippen molar-refractivity contribution in [3.8, 4) is 0 Å². The van der Waals surface area contributed by atoms with E-state index in [1.54, 1.807) is 0 Å². The second kappa shape index (κ2) is 7.57. The van der Waals surface area contributed by atoms with Gasteiger partial charge in [0.25, 0.3) is 0 Å². The fraction of sp³-hybridized carbons (Fsp3) is 0.333. The highest BCUT2D eigenvalue weighted by Crippen LogP contribution is 2.27. The van der Waals surface area contributed by atoms with Crippen LogP contribution in [0.15, 0.2) is 45.3 Å². The quantitative estimate of drug-likeness (QED) is 0.664. The van der Waals surface area contributed by atoms with E-state index in [1.165, 1.54) is 22.3 Å². The van der Waals surface area contributed by atoms with Crippen molar-refractivity contribution in [1.29, 1.82) is 0 Å². The Labute approximate surface area is 144 Å². The summed E-state index contributed by atoms with van der Waals surface area (Å²) in [5.74, 6) is 0. The van der Waals surface area contributed by atoms with Gasteiger partial charge in [-0.25, -0.2) is 0 Å². The van der Waals surface area contributed by atoms with E-state index >= 15 is 0 Å². The molecule has 112 valence electrons. The highest BCUT2D eigenvalue weighted by molar-refractivity contribution is 9.11. The summed E-state index contributed by atoms with van der Waals surface area (Å²) in [6, 6.07) is 13.6. The maximum absolute atomic E-state index is 3.60. The number of halogens is 2. The van der Waals surface area contributed by atoms with E-state index in [4.69, 9.17) is 0 Å². The molecule has 2 aromatic carbocycles. The number of nitrogens with one attached hydrogen (secondary N) is 1. The maximum atomic E-state index is 3.60. The lowest BCUT2D eigenvalue weighted by Gasteiger charge is -2.20. The SMILES string of the molecule is CCNC(Cc1cc(C)cc(C)c1)c1cc(Br)cc(Br)c1. The predicted octanol–water partition coefficient (Wildman–Crippen LogP) is 5.72. The number of likely N-dealkylation sites (N-methyl/N-ethyl adjacent to an activating group) is 1. The molecule has 0 aliphatic rings. The molecule has 0 radical (unpaired) electrons. The smallest absolute Gasteiger partial charge is 0.0361 e. The van der Waals surface area contributed by atoms with E-state index in [2.05, 4.69) is 94.3 Å². The van der Waals surface area contributed by atoms with Gasteiger partial charge in [-0.1, -0.05) is 68.1 Å². The second-order valence-electron chi connectivity index (χ2n) is 5.51. The molecule has 1 unspecified atom stereocenters. The van der Waals surface area contributed by atoms with E-state index in [-0.39, 0.29) is 0 Å². The fourth-order valence-electron chi connectivity index (χ4n) is 2.75. The molecule has 0 bridgehead atoms. The third kappa shape index (κ3) is 4.94. The first-order chi connectivity index (χ1) is 9.97. The van der Waals surface area contributed by atoms with Crippen LogP contribution in [-0.2, 0) is 6.42 Å². The average molecular weight is 411 g/mol. The van der Waals surface area contributed by atoms with Gasteiger partial charge in [0.1, 0.15) is 0 Å². The Morgan fingerprint density at radius 2 is 1.48 bits per heavy atom. The summed E-state index contributed by atoms with van der Waals surface area (Å²) < 4.78 is 2.21. The van der Waals surface area contributed by atoms with Gasteiger partial charge in [0.05, 0.1) is 0 Å². The van der Waals surface area contributed by atoms with Crippen LogP contribution in [0.4, 0.5) is 0 Å². The number of hydrogen-bond acceptors (Lipinski definition) is 1. The molecule has 0 aliphatic carbocycles. The van der Waals surface area contributed by atoms with Crippen molar-refractivity contribution in [2.24, 2.45) is 0 Å². The fourth-order valence-corrected chi connectivity index (χ4v) is 4.08. The summed E-state index contributed by atoms with van der Waals surface area (Å²) in [5, 5.41) is 3.60. The molecule has 21 heavy (non-hydrogen) atoms. The summed E-state index contributed by atoms with van der Waals surface area (Å²) in [6.45, 7) is 7.43. The first-order valence-corrected chi connectivity index (χ1v) is 8.83. The van der Waals surface area contributed by atoms with E-state index in [9.17, 15) is 0 Å². The van der Waals surface area contributed by atoms with Crippen LogP contribution in [0.3, 0.4) is 0 Å². The van der Waals surface area contributed by atoms with Crippen molar-refractivity contribution in [3.63, 3.8) is 0 Å². The average Bonchev–Trinajstić information content (AvgIpc) is 2.35. The van der Waals surface area contributed by atoms with Crippen molar-refractivity contribution in [2.75, 3.05) is 6.54 Å². The Bertz CT molecular complexity index is 582. The van der Waals surface area contributed by atoms with Gasteiger partial charge in [-0.15, -0.1) is 0 Å². The van der Waals surface area contributed by atoms with Gasteiger partial charge in [0.2, 0.25) is 0 Å². The molecule has 1 nitrogen and oxygen atoms in total. The third-order valence-corrected chi connectivity index (χ3v) is 4.37. The first-order valence-electron chi connectivity index (χ1n) is 7.24. The van der Waals surface area contributed by atoms with Crippen LogP contribution in [0.5, 0.6) is 0 Å². The van der Waals surface area contributed by atoms with Crippen LogP contribution in [0, 0.1) is 13.8 Å². The summed E-state index contributed by atoms with van der Waals surface area (Å²) in [6.07, 6.45) is 0.999. The van der Waals surface area contributed by atoms with Gasteiger partial charge in [-0.05, 0) is 56.1 Å². The molecule has 0 saturated carbocycles. The summed E-state index contributed by atoms with van der Waals surface area (Å²) in [4.78, 5) is 0. The molecule has 1 atom stereocenters. The van der Waals surface area contributed by atoms with E-state index in [0.717, 1.165) is 21.9 Å². The Morgan fingerprint density at radius 1 is 0.905 bits per heavy atom. The van der Waals surface area contributed by atoms with Crippen LogP contribution in [-0.4, -0.2) is 6.54 Å². The molecule has 0 aliphatic heterocycles. The Hall–Kier alpha value is -0.640. The molecular weight excluding hydrogens is 390 g/mol. The predicted molar refractivity (Wildman–Crippen MR) is 97.9 cm³/mol. The molecule has 0 aromatic heterocycles. The molecule has 2 aromatic rings. The molecule has 0 saturated heterocycles. The molecule has 0 heterocycles. The lowest BCUT2D eigenvalue weighted by Crippen LogP contribution is -2.23. The van der Waals surface area contributed by atoms with Crippen LogP contribution in [0.25, 0.3) is 0 Å². The van der Waals surface area contributed by atoms with Crippen molar-refractivity contribution < 1.29 is 0 Å². The molecule has 0 fully saturated rings. The molecule has 0 spiro atoms. The number of hydrogen-bond donors (Lipinski definition) is 1. The van der Waals surface area contributed by atoms with Gasteiger partial charge in [0.15, 0.2) is 0 Å². The molecule has 0 amide bonds. The van der Waals surface area contributed by atoms with E-state index in [1.807, 2.05) is 0 Å². The monoisotopic (exact) mass is 409 g/mol. The van der Waals surface area contributed by atoms with Crippen molar-refractivity contribution in [1.82, 2.24) is 5.32 Å². The minimum absolute atomic E-state index is 0.324. The highest BCUT2D eigenvalue weighted by atomic mass is 79.9. The van der Waals surface area contributed by atoms with Crippen molar-refractivity contribution in [3.05, 3.63) is 67.6 Å². The topological polar surface area (TPSA) is 12.0 Å². The second-order valence-corrected chi connectivity index (χ2v) is 7.34. The Kier molecular flexibility index (Phi) is 6.03. The summed E-state index contributed by atoms with van der Waals surface area (Å²) in [5.41, 5.74) is 5.35. The van der Waals surface area contributed by atoms with Gasteiger partial charge in [-0.2, -0.15) is 0 Å². The zero-order valence-corrected chi connectivity index (χ0v) is 15.9. The third-order valence-electron chi connectivity index (χ3n) is 3.46. The minimum atomic E-state index is 0.324. The number of rotatable bonds is 5. The maximum Gasteiger partial charge on any atom is 0.0361 e. The highest BCUT2D eigenvalue weighted by Gasteiger charge is 2.13. The van der Waals surface area contributed by atoms with Gasteiger partial charge < -0.3 is 5.32 Å². The largest absolute Gasteiger partial charge is 0.310 e. The Balaban J connectivity index is 2.30. The summed E-state index contributed by atoms with van der Waals surface area (Å²) in [7, 11) is 0. The van der Waals surface area contributed by atoms with Crippen LogP contribution in [0.2, 0.25) is 0 Å². The molecular formula is C18H21Br2N. The van der Waals surface area contributed by atoms with Crippen LogP contribution >= 0.6 is 31.9 Å². The Morgan fingerprint density at radius 3 is 2.00 bits per heavy atom.